The Bertz CT molecular complexity index is 881. The van der Waals surface area contributed by atoms with Gasteiger partial charge in [-0.1, -0.05) is 54.6 Å². The molecule has 3 rings (SSSR count). The summed E-state index contributed by atoms with van der Waals surface area (Å²) in [4.78, 5) is 11.0. The lowest BCUT2D eigenvalue weighted by Gasteiger charge is -2.07. The van der Waals surface area contributed by atoms with Gasteiger partial charge in [-0.2, -0.15) is 0 Å². The number of carboxylic acid groups (broad SMARTS) is 1. The standard InChI is InChI=1S/C19H16O3S/c20-19(21)16-8-3-5-14(11-16)12-23(22)13-17-9-4-7-15-6-1-2-10-18(15)17/h1-11H,12-13H2,(H,20,21). The third-order valence-corrected chi connectivity index (χ3v) is 4.99. The highest BCUT2D eigenvalue weighted by Gasteiger charge is 2.09. The summed E-state index contributed by atoms with van der Waals surface area (Å²) >= 11 is 0. The Morgan fingerprint density at radius 1 is 0.913 bits per heavy atom. The second-order valence-corrected chi connectivity index (χ2v) is 6.83. The van der Waals surface area contributed by atoms with Gasteiger partial charge in [0.1, 0.15) is 0 Å². The molecule has 116 valence electrons. The lowest BCUT2D eigenvalue weighted by Crippen LogP contribution is -2.02. The number of benzene rings is 3. The van der Waals surface area contributed by atoms with Crippen LogP contribution in [0.5, 0.6) is 0 Å². The van der Waals surface area contributed by atoms with Crippen LogP contribution >= 0.6 is 0 Å². The molecule has 0 aromatic heterocycles. The van der Waals surface area contributed by atoms with E-state index in [9.17, 15) is 9.00 Å². The highest BCUT2D eigenvalue weighted by molar-refractivity contribution is 7.83. The maximum atomic E-state index is 12.5. The van der Waals surface area contributed by atoms with Crippen molar-refractivity contribution >= 4 is 27.5 Å². The van der Waals surface area contributed by atoms with Crippen LogP contribution < -0.4 is 0 Å². The molecule has 1 atom stereocenters. The molecule has 1 N–H and O–H groups in total. The Morgan fingerprint density at radius 2 is 1.65 bits per heavy atom. The van der Waals surface area contributed by atoms with Crippen LogP contribution in [0, 0.1) is 0 Å². The fraction of sp³-hybridized carbons (Fsp3) is 0.105. The van der Waals surface area contributed by atoms with Crippen molar-refractivity contribution in [3.8, 4) is 0 Å². The van der Waals surface area contributed by atoms with Crippen LogP contribution in [0.2, 0.25) is 0 Å². The van der Waals surface area contributed by atoms with Gasteiger partial charge in [0.05, 0.1) is 5.56 Å². The van der Waals surface area contributed by atoms with Crippen molar-refractivity contribution in [3.05, 3.63) is 83.4 Å². The first-order chi connectivity index (χ1) is 11.1. The van der Waals surface area contributed by atoms with E-state index in [-0.39, 0.29) is 5.56 Å². The molecule has 1 unspecified atom stereocenters. The minimum atomic E-state index is -1.09. The molecule has 0 radical (unpaired) electrons. The highest BCUT2D eigenvalue weighted by Crippen LogP contribution is 2.20. The van der Waals surface area contributed by atoms with Crippen LogP contribution in [-0.2, 0) is 22.3 Å². The molecule has 0 aliphatic carbocycles. The van der Waals surface area contributed by atoms with Crippen molar-refractivity contribution in [2.75, 3.05) is 0 Å². The molecule has 3 nitrogen and oxygen atoms in total. The molecule has 0 aliphatic rings. The summed E-state index contributed by atoms with van der Waals surface area (Å²) in [6.45, 7) is 0. The Labute approximate surface area is 137 Å². The minimum Gasteiger partial charge on any atom is -0.478 e. The van der Waals surface area contributed by atoms with E-state index in [0.29, 0.717) is 11.5 Å². The molecule has 0 bridgehead atoms. The Balaban J connectivity index is 1.79. The summed E-state index contributed by atoms with van der Waals surface area (Å²) in [5, 5.41) is 11.3. The smallest absolute Gasteiger partial charge is 0.335 e. The quantitative estimate of drug-likeness (QED) is 0.772. The van der Waals surface area contributed by atoms with Gasteiger partial charge in [-0.15, -0.1) is 0 Å². The maximum absolute atomic E-state index is 12.5. The normalized spacial score (nSPS) is 12.2. The third kappa shape index (κ3) is 3.66. The number of hydrogen-bond donors (Lipinski definition) is 1. The summed E-state index contributed by atoms with van der Waals surface area (Å²) < 4.78 is 12.5. The average molecular weight is 324 g/mol. The molecular weight excluding hydrogens is 308 g/mol. The van der Waals surface area contributed by atoms with E-state index < -0.39 is 16.8 Å². The molecular formula is C19H16O3S. The first-order valence-electron chi connectivity index (χ1n) is 7.27. The van der Waals surface area contributed by atoms with Crippen molar-refractivity contribution in [2.45, 2.75) is 11.5 Å². The van der Waals surface area contributed by atoms with E-state index in [0.717, 1.165) is 21.9 Å². The van der Waals surface area contributed by atoms with Crippen molar-refractivity contribution in [2.24, 2.45) is 0 Å². The number of aromatic carboxylic acids is 1. The highest BCUT2D eigenvalue weighted by atomic mass is 32.2. The van der Waals surface area contributed by atoms with Crippen LogP contribution in [-0.4, -0.2) is 15.3 Å². The van der Waals surface area contributed by atoms with Gasteiger partial charge in [-0.05, 0) is 34.0 Å². The SMILES string of the molecule is O=C(O)c1cccc(CS(=O)Cc2cccc3ccccc23)c1. The molecule has 0 spiro atoms. The summed E-state index contributed by atoms with van der Waals surface area (Å²) in [6, 6.07) is 20.7. The van der Waals surface area contributed by atoms with Crippen LogP contribution in [0.15, 0.2) is 66.7 Å². The van der Waals surface area contributed by atoms with Crippen LogP contribution in [0.4, 0.5) is 0 Å². The zero-order valence-corrected chi connectivity index (χ0v) is 13.3. The van der Waals surface area contributed by atoms with Crippen molar-refractivity contribution in [1.29, 1.82) is 0 Å². The van der Waals surface area contributed by atoms with Crippen LogP contribution in [0.1, 0.15) is 21.5 Å². The number of rotatable bonds is 5. The number of fused-ring (bicyclic) bond motifs is 1. The second kappa shape index (κ2) is 6.75. The third-order valence-electron chi connectivity index (χ3n) is 3.70. The van der Waals surface area contributed by atoms with Crippen LogP contribution in [0.25, 0.3) is 10.8 Å². The topological polar surface area (TPSA) is 54.4 Å². The van der Waals surface area contributed by atoms with Gasteiger partial charge >= 0.3 is 5.97 Å². The van der Waals surface area contributed by atoms with E-state index >= 15 is 0 Å². The summed E-state index contributed by atoms with van der Waals surface area (Å²) in [5.74, 6) is -0.158. The Hall–Kier alpha value is -2.46. The van der Waals surface area contributed by atoms with Crippen molar-refractivity contribution in [3.63, 3.8) is 0 Å². The number of carbonyl (C=O) groups is 1. The molecule has 23 heavy (non-hydrogen) atoms. The molecule has 3 aromatic carbocycles. The van der Waals surface area contributed by atoms with E-state index in [1.807, 2.05) is 48.5 Å². The second-order valence-electron chi connectivity index (χ2n) is 5.37. The van der Waals surface area contributed by atoms with Crippen molar-refractivity contribution < 1.29 is 14.1 Å². The minimum absolute atomic E-state index is 0.227. The first-order valence-corrected chi connectivity index (χ1v) is 8.76. The van der Waals surface area contributed by atoms with E-state index in [4.69, 9.17) is 5.11 Å². The van der Waals surface area contributed by atoms with Crippen molar-refractivity contribution in [1.82, 2.24) is 0 Å². The summed E-state index contributed by atoms with van der Waals surface area (Å²) in [7, 11) is -1.09. The molecule has 0 aliphatic heterocycles. The molecule has 0 saturated carbocycles. The zero-order valence-electron chi connectivity index (χ0n) is 12.4. The number of hydrogen-bond acceptors (Lipinski definition) is 2. The van der Waals surface area contributed by atoms with Gasteiger partial charge < -0.3 is 5.11 Å². The Morgan fingerprint density at radius 3 is 2.48 bits per heavy atom. The average Bonchev–Trinajstić information content (AvgIpc) is 2.55. The van der Waals surface area contributed by atoms with Gasteiger partial charge in [-0.3, -0.25) is 4.21 Å². The van der Waals surface area contributed by atoms with Gasteiger partial charge in [-0.25, -0.2) is 4.79 Å². The predicted molar refractivity (Wildman–Crippen MR) is 92.9 cm³/mol. The molecule has 0 fully saturated rings. The van der Waals surface area contributed by atoms with E-state index in [1.54, 1.807) is 18.2 Å². The molecule has 0 amide bonds. The van der Waals surface area contributed by atoms with E-state index in [2.05, 4.69) is 0 Å². The molecule has 0 saturated heterocycles. The monoisotopic (exact) mass is 324 g/mol. The summed E-state index contributed by atoms with van der Waals surface area (Å²) in [5.41, 5.74) is 2.06. The predicted octanol–water partition coefficient (Wildman–Crippen LogP) is 3.99. The number of carboxylic acids is 1. The van der Waals surface area contributed by atoms with Gasteiger partial charge in [0.25, 0.3) is 0 Å². The van der Waals surface area contributed by atoms with Gasteiger partial charge in [0.2, 0.25) is 0 Å². The van der Waals surface area contributed by atoms with Gasteiger partial charge in [0.15, 0.2) is 0 Å². The van der Waals surface area contributed by atoms with Crippen LogP contribution in [0.3, 0.4) is 0 Å². The molecule has 4 heteroatoms. The fourth-order valence-electron chi connectivity index (χ4n) is 2.62. The van der Waals surface area contributed by atoms with E-state index in [1.165, 1.54) is 0 Å². The summed E-state index contributed by atoms with van der Waals surface area (Å²) in [6.07, 6.45) is 0. The lowest BCUT2D eigenvalue weighted by molar-refractivity contribution is 0.0696. The fourth-order valence-corrected chi connectivity index (χ4v) is 3.87. The van der Waals surface area contributed by atoms with Gasteiger partial charge in [0, 0.05) is 22.3 Å². The molecule has 3 aromatic rings. The Kier molecular flexibility index (Phi) is 4.53. The maximum Gasteiger partial charge on any atom is 0.335 e. The zero-order chi connectivity index (χ0) is 16.2. The molecule has 0 heterocycles. The first kappa shape index (κ1) is 15.4. The lowest BCUT2D eigenvalue weighted by atomic mass is 10.1. The largest absolute Gasteiger partial charge is 0.478 e.